The summed E-state index contributed by atoms with van der Waals surface area (Å²) in [5.41, 5.74) is 1.05. The minimum Gasteiger partial charge on any atom is -0.484 e. The number of carboxylic acids is 1. The lowest BCUT2D eigenvalue weighted by Crippen LogP contribution is -2.43. The average molecular weight is 281 g/mol. The van der Waals surface area contributed by atoms with Crippen LogP contribution in [0.25, 0.3) is 0 Å². The summed E-state index contributed by atoms with van der Waals surface area (Å²) in [6.07, 6.45) is 0. The maximum absolute atomic E-state index is 11.9. The number of carboxylic acid groups (broad SMARTS) is 1. The van der Waals surface area contributed by atoms with Crippen LogP contribution in [0.4, 0.5) is 0 Å². The summed E-state index contributed by atoms with van der Waals surface area (Å²) >= 11 is 1.44. The van der Waals surface area contributed by atoms with E-state index in [0.29, 0.717) is 17.4 Å². The van der Waals surface area contributed by atoms with Crippen molar-refractivity contribution in [3.8, 4) is 5.75 Å². The highest BCUT2D eigenvalue weighted by molar-refractivity contribution is 7.99. The largest absolute Gasteiger partial charge is 0.484 e. The van der Waals surface area contributed by atoms with Gasteiger partial charge in [0.25, 0.3) is 5.91 Å². The number of carbonyl (C=O) groups is 2. The molecule has 0 radical (unpaired) electrons. The van der Waals surface area contributed by atoms with Crippen LogP contribution < -0.4 is 4.74 Å². The van der Waals surface area contributed by atoms with E-state index >= 15 is 0 Å². The number of hydrogen-bond acceptors (Lipinski definition) is 4. The van der Waals surface area contributed by atoms with Crippen molar-refractivity contribution in [1.82, 2.24) is 4.90 Å². The number of benzene rings is 1. The molecule has 1 aromatic rings. The van der Waals surface area contributed by atoms with Crippen molar-refractivity contribution in [3.05, 3.63) is 29.8 Å². The molecule has 0 aliphatic carbocycles. The van der Waals surface area contributed by atoms with Crippen molar-refractivity contribution in [2.24, 2.45) is 0 Å². The second kappa shape index (κ2) is 5.97. The number of carbonyl (C=O) groups excluding carboxylic acids is 1. The molecule has 0 spiro atoms. The molecule has 0 saturated carbocycles. The fraction of sp³-hybridized carbons (Fsp3) is 0.385. The monoisotopic (exact) mass is 281 g/mol. The average Bonchev–Trinajstić information content (AvgIpc) is 2.85. The van der Waals surface area contributed by atoms with Crippen LogP contribution in [0.1, 0.15) is 5.56 Å². The second-order valence-electron chi connectivity index (χ2n) is 4.32. The zero-order chi connectivity index (χ0) is 13.8. The minimum atomic E-state index is -0.964. The molecule has 102 valence electrons. The van der Waals surface area contributed by atoms with E-state index in [-0.39, 0.29) is 12.5 Å². The first-order valence-corrected chi connectivity index (χ1v) is 7.03. The van der Waals surface area contributed by atoms with Crippen molar-refractivity contribution in [2.75, 3.05) is 18.2 Å². The number of nitrogens with zero attached hydrogens (tertiary/aromatic N) is 1. The smallest absolute Gasteiger partial charge is 0.327 e. The van der Waals surface area contributed by atoms with Crippen LogP contribution in [0.3, 0.4) is 0 Å². The predicted octanol–water partition coefficient (Wildman–Crippen LogP) is 1.36. The highest BCUT2D eigenvalue weighted by Gasteiger charge is 2.34. The lowest BCUT2D eigenvalue weighted by Gasteiger charge is -2.20. The fourth-order valence-corrected chi connectivity index (χ4v) is 3.00. The Labute approximate surface area is 115 Å². The van der Waals surface area contributed by atoms with Crippen LogP contribution in [-0.4, -0.2) is 46.2 Å². The first kappa shape index (κ1) is 13.7. The van der Waals surface area contributed by atoms with Crippen LogP contribution in [-0.2, 0) is 9.59 Å². The van der Waals surface area contributed by atoms with Crippen LogP contribution in [0, 0.1) is 6.92 Å². The zero-order valence-electron chi connectivity index (χ0n) is 10.5. The number of amides is 1. The molecule has 19 heavy (non-hydrogen) atoms. The van der Waals surface area contributed by atoms with Gasteiger partial charge in [-0.3, -0.25) is 4.79 Å². The molecule has 1 aliphatic heterocycles. The van der Waals surface area contributed by atoms with Gasteiger partial charge < -0.3 is 14.7 Å². The van der Waals surface area contributed by atoms with E-state index in [1.54, 1.807) is 6.07 Å². The summed E-state index contributed by atoms with van der Waals surface area (Å²) in [7, 11) is 0. The molecule has 1 atom stereocenters. The van der Waals surface area contributed by atoms with Crippen LogP contribution >= 0.6 is 11.8 Å². The summed E-state index contributed by atoms with van der Waals surface area (Å²) in [6.45, 7) is 1.81. The van der Waals surface area contributed by atoms with Crippen molar-refractivity contribution in [3.63, 3.8) is 0 Å². The van der Waals surface area contributed by atoms with Crippen LogP contribution in [0.15, 0.2) is 24.3 Å². The SMILES string of the molecule is Cc1cccc(OCC(=O)N2CSC[C@H]2C(=O)O)c1. The molecule has 6 heteroatoms. The summed E-state index contributed by atoms with van der Waals surface area (Å²) in [5.74, 6) is 0.207. The molecule has 1 N–H and O–H groups in total. The first-order chi connectivity index (χ1) is 9.08. The summed E-state index contributed by atoms with van der Waals surface area (Å²) < 4.78 is 5.40. The lowest BCUT2D eigenvalue weighted by atomic mass is 10.2. The number of ether oxygens (including phenoxy) is 1. The van der Waals surface area contributed by atoms with E-state index in [1.165, 1.54) is 16.7 Å². The molecular weight excluding hydrogens is 266 g/mol. The Balaban J connectivity index is 1.92. The van der Waals surface area contributed by atoms with Gasteiger partial charge in [-0.05, 0) is 24.6 Å². The van der Waals surface area contributed by atoms with E-state index < -0.39 is 12.0 Å². The summed E-state index contributed by atoms with van der Waals surface area (Å²) in [5, 5.41) is 9.01. The van der Waals surface area contributed by atoms with E-state index in [2.05, 4.69) is 0 Å². The van der Waals surface area contributed by atoms with Crippen molar-refractivity contribution in [1.29, 1.82) is 0 Å². The Morgan fingerprint density at radius 3 is 3.00 bits per heavy atom. The first-order valence-electron chi connectivity index (χ1n) is 5.87. The van der Waals surface area contributed by atoms with Crippen LogP contribution in [0.5, 0.6) is 5.75 Å². The van der Waals surface area contributed by atoms with E-state index in [9.17, 15) is 9.59 Å². The van der Waals surface area contributed by atoms with Crippen molar-refractivity contribution in [2.45, 2.75) is 13.0 Å². The molecule has 0 unspecified atom stereocenters. The van der Waals surface area contributed by atoms with Crippen molar-refractivity contribution >= 4 is 23.6 Å². The molecule has 1 fully saturated rings. The number of aliphatic carboxylic acids is 1. The van der Waals surface area contributed by atoms with Crippen LogP contribution in [0.2, 0.25) is 0 Å². The second-order valence-corrected chi connectivity index (χ2v) is 5.32. The number of aryl methyl sites for hydroxylation is 1. The highest BCUT2D eigenvalue weighted by Crippen LogP contribution is 2.21. The fourth-order valence-electron chi connectivity index (χ4n) is 1.83. The maximum atomic E-state index is 11.9. The van der Waals surface area contributed by atoms with E-state index in [4.69, 9.17) is 9.84 Å². The van der Waals surface area contributed by atoms with Gasteiger partial charge >= 0.3 is 5.97 Å². The molecule has 1 amide bonds. The van der Waals surface area contributed by atoms with E-state index in [0.717, 1.165) is 5.56 Å². The normalized spacial score (nSPS) is 18.4. The molecule has 5 nitrogen and oxygen atoms in total. The third-order valence-corrected chi connectivity index (χ3v) is 3.85. The maximum Gasteiger partial charge on any atom is 0.327 e. The number of thioether (sulfide) groups is 1. The highest BCUT2D eigenvalue weighted by atomic mass is 32.2. The standard InChI is InChI=1S/C13H15NO4S/c1-9-3-2-4-10(5-9)18-6-12(15)14-8-19-7-11(14)13(16)17/h2-5,11H,6-8H2,1H3,(H,16,17)/t11-/m0/s1. The van der Waals surface area contributed by atoms with Gasteiger partial charge in [0.15, 0.2) is 6.61 Å². The Bertz CT molecular complexity index is 491. The van der Waals surface area contributed by atoms with Gasteiger partial charge in [0.1, 0.15) is 11.8 Å². The number of hydrogen-bond donors (Lipinski definition) is 1. The summed E-state index contributed by atoms with van der Waals surface area (Å²) in [4.78, 5) is 24.3. The Morgan fingerprint density at radius 1 is 1.53 bits per heavy atom. The van der Waals surface area contributed by atoms with Gasteiger partial charge in [-0.15, -0.1) is 11.8 Å². The van der Waals surface area contributed by atoms with E-state index in [1.807, 2.05) is 25.1 Å². The van der Waals surface area contributed by atoms with Gasteiger partial charge in [0.05, 0.1) is 5.88 Å². The Kier molecular flexibility index (Phi) is 4.31. The van der Waals surface area contributed by atoms with Gasteiger partial charge in [0, 0.05) is 5.75 Å². The molecule has 2 rings (SSSR count). The summed E-state index contributed by atoms with van der Waals surface area (Å²) in [6, 6.07) is 6.65. The molecule has 0 bridgehead atoms. The molecule has 1 heterocycles. The topological polar surface area (TPSA) is 66.8 Å². The van der Waals surface area contributed by atoms with Gasteiger partial charge in [-0.1, -0.05) is 12.1 Å². The Hall–Kier alpha value is -1.69. The van der Waals surface area contributed by atoms with Gasteiger partial charge in [-0.2, -0.15) is 0 Å². The molecule has 1 aromatic carbocycles. The lowest BCUT2D eigenvalue weighted by molar-refractivity contribution is -0.148. The third kappa shape index (κ3) is 3.41. The molecule has 0 aromatic heterocycles. The molecular formula is C13H15NO4S. The van der Waals surface area contributed by atoms with Gasteiger partial charge in [0.2, 0.25) is 0 Å². The zero-order valence-corrected chi connectivity index (χ0v) is 11.4. The minimum absolute atomic E-state index is 0.131. The molecule has 1 aliphatic rings. The quantitative estimate of drug-likeness (QED) is 0.902. The van der Waals surface area contributed by atoms with Crippen molar-refractivity contribution < 1.29 is 19.4 Å². The third-order valence-electron chi connectivity index (χ3n) is 2.84. The van der Waals surface area contributed by atoms with Gasteiger partial charge in [-0.25, -0.2) is 4.79 Å². The Morgan fingerprint density at radius 2 is 2.32 bits per heavy atom. The molecule has 1 saturated heterocycles. The number of rotatable bonds is 4. The predicted molar refractivity (Wildman–Crippen MR) is 72.3 cm³/mol.